The van der Waals surface area contributed by atoms with Crippen LogP contribution in [0.15, 0.2) is 24.3 Å². The fourth-order valence-electron chi connectivity index (χ4n) is 2.20. The first kappa shape index (κ1) is 13.8. The van der Waals surface area contributed by atoms with E-state index in [9.17, 15) is 9.90 Å². The number of carbonyl (C=O) groups is 1. The Labute approximate surface area is 113 Å². The van der Waals surface area contributed by atoms with Gasteiger partial charge in [-0.25, -0.2) is 0 Å². The highest BCUT2D eigenvalue weighted by molar-refractivity contribution is 5.97. The van der Waals surface area contributed by atoms with Gasteiger partial charge in [0.2, 0.25) is 5.91 Å². The van der Waals surface area contributed by atoms with Crippen molar-refractivity contribution >= 4 is 11.6 Å². The zero-order valence-corrected chi connectivity index (χ0v) is 11.4. The van der Waals surface area contributed by atoms with E-state index in [1.54, 1.807) is 24.3 Å². The fourth-order valence-corrected chi connectivity index (χ4v) is 2.20. The van der Waals surface area contributed by atoms with E-state index in [-0.39, 0.29) is 11.7 Å². The van der Waals surface area contributed by atoms with Gasteiger partial charge in [-0.15, -0.1) is 0 Å². The molecular formula is C14H21N3O2. The van der Waals surface area contributed by atoms with Crippen LogP contribution >= 0.6 is 0 Å². The largest absolute Gasteiger partial charge is 0.508 e. The van der Waals surface area contributed by atoms with E-state index in [0.29, 0.717) is 5.69 Å². The summed E-state index contributed by atoms with van der Waals surface area (Å²) >= 11 is 0. The summed E-state index contributed by atoms with van der Waals surface area (Å²) in [5.74, 6) is 0.166. The number of hydrogen-bond acceptors (Lipinski definition) is 4. The van der Waals surface area contributed by atoms with Gasteiger partial charge in [0, 0.05) is 31.9 Å². The second-order valence-corrected chi connectivity index (χ2v) is 5.30. The van der Waals surface area contributed by atoms with Crippen LogP contribution in [0.5, 0.6) is 5.75 Å². The highest BCUT2D eigenvalue weighted by Gasteiger charge is 2.35. The van der Waals surface area contributed by atoms with Gasteiger partial charge in [-0.05, 0) is 38.1 Å². The number of amides is 1. The number of aromatic hydroxyl groups is 1. The molecule has 0 bridgehead atoms. The number of benzene rings is 1. The number of anilines is 1. The van der Waals surface area contributed by atoms with Crippen molar-refractivity contribution in [2.45, 2.75) is 19.4 Å². The number of phenolic OH excluding ortho intramolecular Hbond substituents is 1. The Morgan fingerprint density at radius 3 is 2.42 bits per heavy atom. The first-order valence-corrected chi connectivity index (χ1v) is 6.56. The molecule has 0 saturated carbocycles. The van der Waals surface area contributed by atoms with Crippen LogP contribution in [-0.4, -0.2) is 47.6 Å². The average Bonchev–Trinajstić information content (AvgIpc) is 2.42. The lowest BCUT2D eigenvalue weighted by atomic mass is 10.0. The molecule has 5 heteroatoms. The number of rotatable bonds is 3. The van der Waals surface area contributed by atoms with Crippen LogP contribution in [0.1, 0.15) is 13.8 Å². The number of piperazine rings is 1. The molecule has 1 saturated heterocycles. The van der Waals surface area contributed by atoms with Gasteiger partial charge in [-0.1, -0.05) is 0 Å². The molecule has 19 heavy (non-hydrogen) atoms. The summed E-state index contributed by atoms with van der Waals surface area (Å²) in [6.07, 6.45) is 0. The number of phenols is 1. The Balaban J connectivity index is 2.03. The first-order valence-electron chi connectivity index (χ1n) is 6.56. The lowest BCUT2D eigenvalue weighted by Gasteiger charge is -2.39. The maximum atomic E-state index is 12.4. The molecular weight excluding hydrogens is 242 g/mol. The summed E-state index contributed by atoms with van der Waals surface area (Å²) in [5, 5.41) is 15.4. The van der Waals surface area contributed by atoms with Crippen molar-refractivity contribution in [3.8, 4) is 5.75 Å². The smallest absolute Gasteiger partial charge is 0.244 e. The quantitative estimate of drug-likeness (QED) is 0.712. The van der Waals surface area contributed by atoms with Gasteiger partial charge >= 0.3 is 0 Å². The predicted molar refractivity (Wildman–Crippen MR) is 75.3 cm³/mol. The van der Waals surface area contributed by atoms with E-state index in [0.717, 1.165) is 26.2 Å². The van der Waals surface area contributed by atoms with Crippen molar-refractivity contribution in [2.24, 2.45) is 0 Å². The minimum absolute atomic E-state index is 0.0277. The normalized spacial score (nSPS) is 17.2. The summed E-state index contributed by atoms with van der Waals surface area (Å²) in [6.45, 7) is 7.44. The SMILES string of the molecule is CC(C)(C(=O)Nc1ccc(O)cc1)N1CCNCC1. The maximum absolute atomic E-state index is 12.4. The van der Waals surface area contributed by atoms with E-state index in [1.165, 1.54) is 0 Å². The summed E-state index contributed by atoms with van der Waals surface area (Å²) < 4.78 is 0. The third kappa shape index (κ3) is 3.24. The van der Waals surface area contributed by atoms with E-state index < -0.39 is 5.54 Å². The standard InChI is InChI=1S/C14H21N3O2/c1-14(2,17-9-7-15-8-10-17)13(19)16-11-3-5-12(18)6-4-11/h3-6,15,18H,7-10H2,1-2H3,(H,16,19). The summed E-state index contributed by atoms with van der Waals surface area (Å²) in [5.41, 5.74) is 0.158. The molecule has 0 aromatic heterocycles. The molecule has 0 aliphatic carbocycles. The molecule has 1 amide bonds. The molecule has 3 N–H and O–H groups in total. The molecule has 1 aliphatic heterocycles. The van der Waals surface area contributed by atoms with Crippen LogP contribution in [0.4, 0.5) is 5.69 Å². The number of carbonyl (C=O) groups excluding carboxylic acids is 1. The monoisotopic (exact) mass is 263 g/mol. The Morgan fingerprint density at radius 1 is 1.26 bits per heavy atom. The third-order valence-corrected chi connectivity index (χ3v) is 3.59. The van der Waals surface area contributed by atoms with E-state index in [1.807, 2.05) is 13.8 Å². The molecule has 1 aliphatic rings. The van der Waals surface area contributed by atoms with E-state index >= 15 is 0 Å². The molecule has 104 valence electrons. The summed E-state index contributed by atoms with van der Waals surface area (Å²) in [7, 11) is 0. The predicted octanol–water partition coefficient (Wildman–Crippen LogP) is 1.01. The molecule has 0 spiro atoms. The van der Waals surface area contributed by atoms with Gasteiger partial charge in [0.25, 0.3) is 0 Å². The molecule has 0 unspecified atom stereocenters. The van der Waals surface area contributed by atoms with Crippen LogP contribution in [-0.2, 0) is 4.79 Å². The van der Waals surface area contributed by atoms with Crippen molar-refractivity contribution in [2.75, 3.05) is 31.5 Å². The highest BCUT2D eigenvalue weighted by Crippen LogP contribution is 2.19. The fraction of sp³-hybridized carbons (Fsp3) is 0.500. The minimum Gasteiger partial charge on any atom is -0.508 e. The summed E-state index contributed by atoms with van der Waals surface area (Å²) in [6, 6.07) is 6.52. The Hall–Kier alpha value is -1.59. The number of nitrogens with one attached hydrogen (secondary N) is 2. The molecule has 2 rings (SSSR count). The van der Waals surface area contributed by atoms with Crippen molar-refractivity contribution in [3.63, 3.8) is 0 Å². The van der Waals surface area contributed by atoms with Crippen LogP contribution in [0.2, 0.25) is 0 Å². The van der Waals surface area contributed by atoms with Gasteiger partial charge in [-0.2, -0.15) is 0 Å². The number of nitrogens with zero attached hydrogens (tertiary/aromatic N) is 1. The zero-order chi connectivity index (χ0) is 13.9. The van der Waals surface area contributed by atoms with Crippen molar-refractivity contribution in [1.82, 2.24) is 10.2 Å². The molecule has 1 heterocycles. The molecule has 0 atom stereocenters. The summed E-state index contributed by atoms with van der Waals surface area (Å²) in [4.78, 5) is 14.6. The highest BCUT2D eigenvalue weighted by atomic mass is 16.3. The lowest BCUT2D eigenvalue weighted by molar-refractivity contribution is -0.126. The van der Waals surface area contributed by atoms with Crippen molar-refractivity contribution < 1.29 is 9.90 Å². The molecule has 0 radical (unpaired) electrons. The zero-order valence-electron chi connectivity index (χ0n) is 11.4. The molecule has 1 fully saturated rings. The van der Waals surface area contributed by atoms with Crippen LogP contribution < -0.4 is 10.6 Å². The van der Waals surface area contributed by atoms with Gasteiger partial charge in [0.1, 0.15) is 5.75 Å². The average molecular weight is 263 g/mol. The van der Waals surface area contributed by atoms with E-state index in [2.05, 4.69) is 15.5 Å². The van der Waals surface area contributed by atoms with Gasteiger partial charge in [-0.3, -0.25) is 9.69 Å². The molecule has 1 aromatic rings. The second kappa shape index (κ2) is 5.59. The van der Waals surface area contributed by atoms with Crippen molar-refractivity contribution in [3.05, 3.63) is 24.3 Å². The van der Waals surface area contributed by atoms with Gasteiger partial charge < -0.3 is 15.7 Å². The van der Waals surface area contributed by atoms with Gasteiger partial charge in [0.15, 0.2) is 0 Å². The van der Waals surface area contributed by atoms with E-state index in [4.69, 9.17) is 0 Å². The van der Waals surface area contributed by atoms with Crippen LogP contribution in [0.25, 0.3) is 0 Å². The maximum Gasteiger partial charge on any atom is 0.244 e. The van der Waals surface area contributed by atoms with Crippen molar-refractivity contribution in [1.29, 1.82) is 0 Å². The molecule has 5 nitrogen and oxygen atoms in total. The Bertz CT molecular complexity index is 437. The van der Waals surface area contributed by atoms with Gasteiger partial charge in [0.05, 0.1) is 5.54 Å². The molecule has 1 aromatic carbocycles. The van der Waals surface area contributed by atoms with Crippen LogP contribution in [0.3, 0.4) is 0 Å². The Kier molecular flexibility index (Phi) is 4.07. The van der Waals surface area contributed by atoms with Crippen LogP contribution in [0, 0.1) is 0 Å². The number of hydrogen-bond donors (Lipinski definition) is 3. The minimum atomic E-state index is -0.542. The second-order valence-electron chi connectivity index (χ2n) is 5.30. The lowest BCUT2D eigenvalue weighted by Crippen LogP contribution is -2.58. The third-order valence-electron chi connectivity index (χ3n) is 3.59. The first-order chi connectivity index (χ1) is 9.00. The topological polar surface area (TPSA) is 64.6 Å². The Morgan fingerprint density at radius 2 is 1.84 bits per heavy atom.